The van der Waals surface area contributed by atoms with Crippen molar-refractivity contribution in [2.24, 2.45) is 11.0 Å². The summed E-state index contributed by atoms with van der Waals surface area (Å²) in [7, 11) is 0. The van der Waals surface area contributed by atoms with Gasteiger partial charge in [0, 0.05) is 28.5 Å². The SMILES string of the molecule is CC1CC(=O)NN=C1c1ccc(S)c(N)c1. The Morgan fingerprint density at radius 2 is 2.31 bits per heavy atom. The topological polar surface area (TPSA) is 67.5 Å². The molecule has 0 saturated carbocycles. The van der Waals surface area contributed by atoms with Gasteiger partial charge in [0.15, 0.2) is 0 Å². The van der Waals surface area contributed by atoms with Crippen molar-refractivity contribution in [1.29, 1.82) is 0 Å². The Balaban J connectivity index is 2.37. The molecule has 84 valence electrons. The molecule has 4 nitrogen and oxygen atoms in total. The summed E-state index contributed by atoms with van der Waals surface area (Å²) >= 11 is 4.21. The van der Waals surface area contributed by atoms with Crippen molar-refractivity contribution in [2.75, 3.05) is 5.73 Å². The van der Waals surface area contributed by atoms with Gasteiger partial charge in [-0.05, 0) is 12.1 Å². The van der Waals surface area contributed by atoms with Gasteiger partial charge in [0.2, 0.25) is 5.91 Å². The van der Waals surface area contributed by atoms with Crippen molar-refractivity contribution in [3.63, 3.8) is 0 Å². The van der Waals surface area contributed by atoms with Crippen LogP contribution in [0.3, 0.4) is 0 Å². The summed E-state index contributed by atoms with van der Waals surface area (Å²) < 4.78 is 0. The molecule has 3 N–H and O–H groups in total. The number of hydrogen-bond donors (Lipinski definition) is 3. The Hall–Kier alpha value is -1.49. The average molecular weight is 235 g/mol. The maximum Gasteiger partial charge on any atom is 0.240 e. The van der Waals surface area contributed by atoms with Gasteiger partial charge in [-0.15, -0.1) is 12.6 Å². The summed E-state index contributed by atoms with van der Waals surface area (Å²) in [4.78, 5) is 11.9. The molecule has 1 aliphatic rings. The molecule has 0 radical (unpaired) electrons. The van der Waals surface area contributed by atoms with E-state index in [0.717, 1.165) is 16.2 Å². The average Bonchev–Trinajstić information content (AvgIpc) is 2.22. The lowest BCUT2D eigenvalue weighted by atomic mass is 9.94. The highest BCUT2D eigenvalue weighted by Gasteiger charge is 2.21. The molecular weight excluding hydrogens is 222 g/mol. The first-order valence-corrected chi connectivity index (χ1v) is 5.48. The zero-order valence-corrected chi connectivity index (χ0v) is 9.79. The fraction of sp³-hybridized carbons (Fsp3) is 0.273. The van der Waals surface area contributed by atoms with Crippen molar-refractivity contribution in [2.45, 2.75) is 18.2 Å². The largest absolute Gasteiger partial charge is 0.398 e. The predicted octanol–water partition coefficient (Wildman–Crippen LogP) is 1.42. The van der Waals surface area contributed by atoms with Gasteiger partial charge >= 0.3 is 0 Å². The van der Waals surface area contributed by atoms with E-state index in [-0.39, 0.29) is 11.8 Å². The standard InChI is InChI=1S/C11H13N3OS/c1-6-4-10(15)13-14-11(6)7-2-3-9(16)8(12)5-7/h2-3,5-6,16H,4,12H2,1H3,(H,13,15). The molecule has 0 aliphatic carbocycles. The number of hydrazone groups is 1. The smallest absolute Gasteiger partial charge is 0.240 e. The third kappa shape index (κ3) is 2.04. The number of hydrogen-bond acceptors (Lipinski definition) is 4. The number of nitrogens with two attached hydrogens (primary N) is 1. The molecule has 0 spiro atoms. The number of nitrogen functional groups attached to an aromatic ring is 1. The maximum atomic E-state index is 11.1. The number of thiol groups is 1. The number of anilines is 1. The second-order valence-corrected chi connectivity index (χ2v) is 4.39. The first kappa shape index (κ1) is 11.0. The molecule has 5 heteroatoms. The Bertz CT molecular complexity index is 470. The number of benzene rings is 1. The molecule has 0 saturated heterocycles. The quantitative estimate of drug-likeness (QED) is 0.509. The molecule has 2 rings (SSSR count). The second kappa shape index (κ2) is 4.17. The van der Waals surface area contributed by atoms with Crippen LogP contribution in [0.15, 0.2) is 28.2 Å². The van der Waals surface area contributed by atoms with Crippen molar-refractivity contribution in [1.82, 2.24) is 5.43 Å². The molecule has 1 unspecified atom stereocenters. The van der Waals surface area contributed by atoms with Crippen LogP contribution in [0.5, 0.6) is 0 Å². The lowest BCUT2D eigenvalue weighted by Crippen LogP contribution is -2.31. The molecule has 1 heterocycles. The molecule has 1 aromatic carbocycles. The summed E-state index contributed by atoms with van der Waals surface area (Å²) in [5.41, 5.74) is 10.7. The van der Waals surface area contributed by atoms with E-state index in [1.54, 1.807) is 0 Å². The van der Waals surface area contributed by atoms with Gasteiger partial charge in [-0.25, -0.2) is 5.43 Å². The van der Waals surface area contributed by atoms with Gasteiger partial charge in [0.05, 0.1) is 5.71 Å². The summed E-state index contributed by atoms with van der Waals surface area (Å²) in [6.45, 7) is 1.97. The van der Waals surface area contributed by atoms with Gasteiger partial charge < -0.3 is 5.73 Å². The van der Waals surface area contributed by atoms with Gasteiger partial charge in [-0.3, -0.25) is 4.79 Å². The van der Waals surface area contributed by atoms with E-state index in [9.17, 15) is 4.79 Å². The number of carbonyl (C=O) groups excluding carboxylic acids is 1. The van der Waals surface area contributed by atoms with E-state index in [4.69, 9.17) is 5.73 Å². The Morgan fingerprint density at radius 1 is 1.56 bits per heavy atom. The molecule has 0 fully saturated rings. The minimum atomic E-state index is -0.0463. The van der Waals surface area contributed by atoms with E-state index >= 15 is 0 Å². The zero-order chi connectivity index (χ0) is 11.7. The van der Waals surface area contributed by atoms with E-state index < -0.39 is 0 Å². The van der Waals surface area contributed by atoms with Crippen molar-refractivity contribution >= 4 is 29.9 Å². The van der Waals surface area contributed by atoms with Gasteiger partial charge in [0.25, 0.3) is 0 Å². The first-order valence-electron chi connectivity index (χ1n) is 5.03. The lowest BCUT2D eigenvalue weighted by Gasteiger charge is -2.19. The van der Waals surface area contributed by atoms with Crippen molar-refractivity contribution in [3.05, 3.63) is 23.8 Å². The normalized spacial score (nSPS) is 20.2. The minimum absolute atomic E-state index is 0.0463. The van der Waals surface area contributed by atoms with E-state index in [1.165, 1.54) is 0 Å². The lowest BCUT2D eigenvalue weighted by molar-refractivity contribution is -0.121. The monoisotopic (exact) mass is 235 g/mol. The minimum Gasteiger partial charge on any atom is -0.398 e. The Labute approximate surface area is 99.3 Å². The van der Waals surface area contributed by atoms with Crippen LogP contribution in [-0.2, 0) is 4.79 Å². The van der Waals surface area contributed by atoms with Crippen molar-refractivity contribution in [3.8, 4) is 0 Å². The van der Waals surface area contributed by atoms with Gasteiger partial charge in [-0.1, -0.05) is 13.0 Å². The summed E-state index contributed by atoms with van der Waals surface area (Å²) in [5, 5.41) is 4.07. The van der Waals surface area contributed by atoms with E-state index in [1.807, 2.05) is 25.1 Å². The molecule has 1 amide bonds. The molecule has 0 bridgehead atoms. The van der Waals surface area contributed by atoms with Crippen LogP contribution < -0.4 is 11.2 Å². The second-order valence-electron chi connectivity index (χ2n) is 3.91. The number of nitrogens with zero attached hydrogens (tertiary/aromatic N) is 1. The highest BCUT2D eigenvalue weighted by molar-refractivity contribution is 7.80. The predicted molar refractivity (Wildman–Crippen MR) is 66.6 cm³/mol. The van der Waals surface area contributed by atoms with Crippen molar-refractivity contribution < 1.29 is 4.79 Å². The van der Waals surface area contributed by atoms with E-state index in [2.05, 4.69) is 23.2 Å². The highest BCUT2D eigenvalue weighted by Crippen LogP contribution is 2.22. The van der Waals surface area contributed by atoms with Crippen LogP contribution in [0.2, 0.25) is 0 Å². The maximum absolute atomic E-state index is 11.1. The van der Waals surface area contributed by atoms with Crippen LogP contribution in [0.25, 0.3) is 0 Å². The van der Waals surface area contributed by atoms with Crippen LogP contribution in [0, 0.1) is 5.92 Å². The van der Waals surface area contributed by atoms with Crippen LogP contribution in [0.1, 0.15) is 18.9 Å². The van der Waals surface area contributed by atoms with Crippen LogP contribution in [-0.4, -0.2) is 11.6 Å². The number of nitrogens with one attached hydrogen (secondary N) is 1. The van der Waals surface area contributed by atoms with E-state index in [0.29, 0.717) is 12.1 Å². The molecule has 1 atom stereocenters. The van der Waals surface area contributed by atoms with Gasteiger partial charge in [-0.2, -0.15) is 5.10 Å². The summed E-state index contributed by atoms with van der Waals surface area (Å²) in [6.07, 6.45) is 0.460. The Morgan fingerprint density at radius 3 is 2.94 bits per heavy atom. The molecule has 1 aromatic rings. The fourth-order valence-electron chi connectivity index (χ4n) is 1.72. The number of amides is 1. The zero-order valence-electron chi connectivity index (χ0n) is 8.90. The first-order chi connectivity index (χ1) is 7.58. The number of rotatable bonds is 1. The number of carbonyl (C=O) groups is 1. The molecule has 0 aromatic heterocycles. The van der Waals surface area contributed by atoms with Crippen LogP contribution >= 0.6 is 12.6 Å². The third-order valence-electron chi connectivity index (χ3n) is 2.58. The highest BCUT2D eigenvalue weighted by atomic mass is 32.1. The third-order valence-corrected chi connectivity index (χ3v) is 2.99. The van der Waals surface area contributed by atoms with Crippen LogP contribution in [0.4, 0.5) is 5.69 Å². The Kier molecular flexibility index (Phi) is 2.87. The molecular formula is C11H13N3OS. The molecule has 16 heavy (non-hydrogen) atoms. The molecule has 1 aliphatic heterocycles. The van der Waals surface area contributed by atoms with Gasteiger partial charge in [0.1, 0.15) is 0 Å². The summed E-state index contributed by atoms with van der Waals surface area (Å²) in [6, 6.07) is 5.57. The summed E-state index contributed by atoms with van der Waals surface area (Å²) in [5.74, 6) is 0.0638. The fourth-order valence-corrected chi connectivity index (χ4v) is 1.86.